The Morgan fingerprint density at radius 3 is 2.56 bits per heavy atom. The minimum atomic E-state index is -0.452. The van der Waals surface area contributed by atoms with E-state index in [0.717, 1.165) is 70.3 Å². The Morgan fingerprint density at radius 1 is 1.17 bits per heavy atom. The number of rotatable bonds is 3. The van der Waals surface area contributed by atoms with Crippen molar-refractivity contribution in [2.24, 2.45) is 5.41 Å². The van der Waals surface area contributed by atoms with Gasteiger partial charge in [-0.15, -0.1) is 0 Å². The highest BCUT2D eigenvalue weighted by atomic mass is 79.9. The van der Waals surface area contributed by atoms with E-state index in [4.69, 9.17) is 4.74 Å². The van der Waals surface area contributed by atoms with Crippen LogP contribution in [-0.4, -0.2) is 53.8 Å². The lowest BCUT2D eigenvalue weighted by molar-refractivity contribution is 0.00573. The second-order valence-corrected chi connectivity index (χ2v) is 6.93. The lowest BCUT2D eigenvalue weighted by atomic mass is 9.82. The number of alkyl halides is 1. The molecule has 2 fully saturated rings. The Hall–Kier alpha value is 0.360. The van der Waals surface area contributed by atoms with E-state index in [1.807, 2.05) is 6.92 Å². The average molecular weight is 320 g/mol. The van der Waals surface area contributed by atoms with Crippen LogP contribution in [0.4, 0.5) is 0 Å². The number of halogens is 1. The normalized spacial score (nSPS) is 34.2. The highest BCUT2D eigenvalue weighted by molar-refractivity contribution is 9.09. The molecule has 0 amide bonds. The fraction of sp³-hybridized carbons (Fsp3) is 1.00. The summed E-state index contributed by atoms with van der Waals surface area (Å²) in [4.78, 5) is 2.55. The number of aliphatic hydroxyl groups is 1. The highest BCUT2D eigenvalue weighted by Crippen LogP contribution is 2.34. The summed E-state index contributed by atoms with van der Waals surface area (Å²) in [6.07, 6.45) is 5.27. The van der Waals surface area contributed by atoms with Gasteiger partial charge in [0.15, 0.2) is 0 Å². The summed E-state index contributed by atoms with van der Waals surface area (Å²) in [7, 11) is 0. The van der Waals surface area contributed by atoms with Gasteiger partial charge in [0, 0.05) is 31.6 Å². The number of hydrogen-bond acceptors (Lipinski definition) is 3. The van der Waals surface area contributed by atoms with E-state index in [2.05, 4.69) is 20.8 Å². The molecule has 2 heterocycles. The van der Waals surface area contributed by atoms with Gasteiger partial charge in [-0.2, -0.15) is 0 Å². The smallest absolute Gasteiger partial charge is 0.0632 e. The first-order chi connectivity index (χ1) is 8.55. The average Bonchev–Trinajstić information content (AvgIpc) is 2.52. The van der Waals surface area contributed by atoms with E-state index in [1.165, 1.54) is 0 Å². The Balaban J connectivity index is 1.91. The van der Waals surface area contributed by atoms with Gasteiger partial charge in [0.2, 0.25) is 0 Å². The Morgan fingerprint density at radius 2 is 1.89 bits per heavy atom. The third-order valence-electron chi connectivity index (χ3n) is 4.55. The van der Waals surface area contributed by atoms with Crippen LogP contribution in [0.15, 0.2) is 0 Å². The molecule has 1 atom stereocenters. The summed E-state index contributed by atoms with van der Waals surface area (Å²) in [5.41, 5.74) is -0.0690. The Bertz CT molecular complexity index is 265. The second kappa shape index (κ2) is 6.21. The fourth-order valence-electron chi connectivity index (χ4n) is 3.09. The van der Waals surface area contributed by atoms with Crippen molar-refractivity contribution in [3.8, 4) is 0 Å². The maximum atomic E-state index is 10.1. The van der Waals surface area contributed by atoms with Crippen molar-refractivity contribution in [2.75, 3.05) is 38.2 Å². The third-order valence-corrected chi connectivity index (χ3v) is 5.74. The number of likely N-dealkylation sites (tertiary alicyclic amines) is 1. The van der Waals surface area contributed by atoms with Crippen LogP contribution in [0.1, 0.15) is 39.0 Å². The van der Waals surface area contributed by atoms with Crippen LogP contribution < -0.4 is 0 Å². The summed E-state index contributed by atoms with van der Waals surface area (Å²) < 4.78 is 5.49. The fourth-order valence-corrected chi connectivity index (χ4v) is 3.83. The zero-order valence-electron chi connectivity index (χ0n) is 11.5. The van der Waals surface area contributed by atoms with E-state index in [0.29, 0.717) is 5.41 Å². The molecule has 0 aromatic heterocycles. The summed E-state index contributed by atoms with van der Waals surface area (Å²) in [6, 6.07) is 0. The van der Waals surface area contributed by atoms with E-state index in [-0.39, 0.29) is 0 Å². The molecule has 2 aliphatic heterocycles. The SMILES string of the molecule is CC1(O)CCCN(CC2(CBr)CCOCC2)CC1. The van der Waals surface area contributed by atoms with E-state index in [9.17, 15) is 5.11 Å². The maximum Gasteiger partial charge on any atom is 0.0632 e. The maximum absolute atomic E-state index is 10.1. The minimum absolute atomic E-state index is 0.383. The molecule has 0 aromatic carbocycles. The molecule has 2 aliphatic rings. The van der Waals surface area contributed by atoms with Crippen LogP contribution in [0, 0.1) is 5.41 Å². The van der Waals surface area contributed by atoms with E-state index >= 15 is 0 Å². The molecular weight excluding hydrogens is 294 g/mol. The van der Waals surface area contributed by atoms with Gasteiger partial charge in [0.25, 0.3) is 0 Å². The molecule has 0 bridgehead atoms. The minimum Gasteiger partial charge on any atom is -0.390 e. The molecule has 0 aliphatic carbocycles. The van der Waals surface area contributed by atoms with Gasteiger partial charge >= 0.3 is 0 Å². The van der Waals surface area contributed by atoms with Crippen molar-refractivity contribution in [2.45, 2.75) is 44.6 Å². The number of nitrogens with zero attached hydrogens (tertiary/aromatic N) is 1. The molecular formula is C14H26BrNO2. The quantitative estimate of drug-likeness (QED) is 0.811. The molecule has 3 nitrogen and oxygen atoms in total. The predicted octanol–water partition coefficient (Wildman–Crippen LogP) is 2.42. The van der Waals surface area contributed by atoms with Gasteiger partial charge in [-0.05, 0) is 51.0 Å². The molecule has 18 heavy (non-hydrogen) atoms. The molecule has 0 aromatic rings. The molecule has 1 unspecified atom stereocenters. The van der Waals surface area contributed by atoms with Gasteiger partial charge in [-0.1, -0.05) is 15.9 Å². The first kappa shape index (κ1) is 14.8. The summed E-state index contributed by atoms with van der Waals surface area (Å²) in [5, 5.41) is 11.2. The summed E-state index contributed by atoms with van der Waals surface area (Å²) in [5.74, 6) is 0. The molecule has 0 radical (unpaired) electrons. The van der Waals surface area contributed by atoms with Crippen LogP contribution >= 0.6 is 15.9 Å². The van der Waals surface area contributed by atoms with E-state index in [1.54, 1.807) is 0 Å². The zero-order valence-corrected chi connectivity index (χ0v) is 13.0. The summed E-state index contributed by atoms with van der Waals surface area (Å²) in [6.45, 7) is 7.09. The van der Waals surface area contributed by atoms with Crippen molar-refractivity contribution in [3.05, 3.63) is 0 Å². The van der Waals surface area contributed by atoms with Gasteiger partial charge < -0.3 is 14.7 Å². The Kier molecular flexibility index (Phi) is 5.09. The monoisotopic (exact) mass is 319 g/mol. The van der Waals surface area contributed by atoms with E-state index < -0.39 is 5.60 Å². The molecule has 1 N–H and O–H groups in total. The number of ether oxygens (including phenoxy) is 1. The van der Waals surface area contributed by atoms with Crippen LogP contribution in [0.25, 0.3) is 0 Å². The predicted molar refractivity (Wildman–Crippen MR) is 77.2 cm³/mol. The lowest BCUT2D eigenvalue weighted by Crippen LogP contribution is -2.43. The topological polar surface area (TPSA) is 32.7 Å². The van der Waals surface area contributed by atoms with Gasteiger partial charge in [0.1, 0.15) is 0 Å². The first-order valence-electron chi connectivity index (χ1n) is 7.14. The Labute approximate surface area is 119 Å². The lowest BCUT2D eigenvalue weighted by Gasteiger charge is -2.39. The van der Waals surface area contributed by atoms with Gasteiger partial charge in [-0.25, -0.2) is 0 Å². The van der Waals surface area contributed by atoms with Crippen molar-refractivity contribution in [1.82, 2.24) is 4.90 Å². The van der Waals surface area contributed by atoms with Crippen LogP contribution in [-0.2, 0) is 4.74 Å². The molecule has 0 saturated carbocycles. The molecule has 4 heteroatoms. The van der Waals surface area contributed by atoms with Crippen LogP contribution in [0.5, 0.6) is 0 Å². The largest absolute Gasteiger partial charge is 0.390 e. The molecule has 2 rings (SSSR count). The molecule has 2 saturated heterocycles. The van der Waals surface area contributed by atoms with Crippen molar-refractivity contribution in [3.63, 3.8) is 0 Å². The second-order valence-electron chi connectivity index (χ2n) is 6.37. The standard InChI is InChI=1S/C14H26BrNO2/c1-13(17)3-2-7-16(8-4-13)12-14(11-15)5-9-18-10-6-14/h17H,2-12H2,1H3. The third kappa shape index (κ3) is 3.92. The van der Waals surface area contributed by atoms with Crippen molar-refractivity contribution in [1.29, 1.82) is 0 Å². The molecule has 0 spiro atoms. The van der Waals surface area contributed by atoms with Crippen molar-refractivity contribution < 1.29 is 9.84 Å². The molecule has 106 valence electrons. The zero-order chi connectivity index (χ0) is 13.1. The summed E-state index contributed by atoms with van der Waals surface area (Å²) >= 11 is 3.71. The van der Waals surface area contributed by atoms with Gasteiger partial charge in [0.05, 0.1) is 5.60 Å². The van der Waals surface area contributed by atoms with Crippen LogP contribution in [0.3, 0.4) is 0 Å². The highest BCUT2D eigenvalue weighted by Gasteiger charge is 2.35. The van der Waals surface area contributed by atoms with Crippen molar-refractivity contribution >= 4 is 15.9 Å². The first-order valence-corrected chi connectivity index (χ1v) is 8.26. The van der Waals surface area contributed by atoms with Gasteiger partial charge in [-0.3, -0.25) is 0 Å². The number of hydrogen-bond donors (Lipinski definition) is 1. The van der Waals surface area contributed by atoms with Crippen LogP contribution in [0.2, 0.25) is 0 Å².